The third-order valence-electron chi connectivity index (χ3n) is 3.79. The first kappa shape index (κ1) is 19.8. The molecule has 0 aliphatic heterocycles. The first-order chi connectivity index (χ1) is 12.6. The zero-order valence-corrected chi connectivity index (χ0v) is 15.7. The van der Waals surface area contributed by atoms with Gasteiger partial charge in [-0.1, -0.05) is 26.0 Å². The normalized spacial score (nSPS) is 12.0. The minimum Gasteiger partial charge on any atom is -0.497 e. The summed E-state index contributed by atoms with van der Waals surface area (Å²) in [6.07, 6.45) is 2.33. The van der Waals surface area contributed by atoms with Crippen molar-refractivity contribution in [2.75, 3.05) is 26.9 Å². The molecule has 2 N–H and O–H groups in total. The fourth-order valence-corrected chi connectivity index (χ4v) is 2.43. The van der Waals surface area contributed by atoms with Gasteiger partial charge in [-0.05, 0) is 42.2 Å². The average molecular weight is 360 g/mol. The molecule has 0 aliphatic rings. The summed E-state index contributed by atoms with van der Waals surface area (Å²) in [7, 11) is 1.64. The van der Waals surface area contributed by atoms with Gasteiger partial charge >= 0.3 is 6.03 Å². The van der Waals surface area contributed by atoms with Crippen molar-refractivity contribution >= 4 is 6.03 Å². The number of furan rings is 1. The van der Waals surface area contributed by atoms with Gasteiger partial charge in [-0.25, -0.2) is 4.79 Å². The number of hydrogen-bond donors (Lipinski definition) is 2. The Kier molecular flexibility index (Phi) is 8.02. The SMILES string of the molecule is COc1ccc(CCNC(=O)NC(COCC(C)C)c2ccco2)cc1. The van der Waals surface area contributed by atoms with Gasteiger partial charge in [0.1, 0.15) is 17.6 Å². The highest BCUT2D eigenvalue weighted by Gasteiger charge is 2.17. The maximum Gasteiger partial charge on any atom is 0.315 e. The third-order valence-corrected chi connectivity index (χ3v) is 3.79. The lowest BCUT2D eigenvalue weighted by Gasteiger charge is -2.18. The van der Waals surface area contributed by atoms with Crippen LogP contribution in [0.1, 0.15) is 31.2 Å². The van der Waals surface area contributed by atoms with Gasteiger partial charge in [0.25, 0.3) is 0 Å². The van der Waals surface area contributed by atoms with Gasteiger partial charge in [0.05, 0.1) is 20.0 Å². The summed E-state index contributed by atoms with van der Waals surface area (Å²) in [5.74, 6) is 1.94. The van der Waals surface area contributed by atoms with Gasteiger partial charge in [-0.2, -0.15) is 0 Å². The molecule has 1 heterocycles. The van der Waals surface area contributed by atoms with E-state index in [9.17, 15) is 4.79 Å². The molecule has 142 valence electrons. The molecule has 0 saturated carbocycles. The Balaban J connectivity index is 1.78. The van der Waals surface area contributed by atoms with E-state index in [0.29, 0.717) is 31.4 Å². The first-order valence-corrected chi connectivity index (χ1v) is 8.87. The maximum absolute atomic E-state index is 12.2. The number of carbonyl (C=O) groups is 1. The van der Waals surface area contributed by atoms with Gasteiger partial charge in [0.15, 0.2) is 0 Å². The molecule has 0 aliphatic carbocycles. The van der Waals surface area contributed by atoms with E-state index in [4.69, 9.17) is 13.9 Å². The molecule has 0 saturated heterocycles. The molecule has 1 aromatic heterocycles. The number of benzene rings is 1. The van der Waals surface area contributed by atoms with Crippen LogP contribution >= 0.6 is 0 Å². The predicted octanol–water partition coefficient (Wildman–Crippen LogP) is 3.54. The van der Waals surface area contributed by atoms with Crippen molar-refractivity contribution in [2.24, 2.45) is 5.92 Å². The molecular formula is C20H28N2O4. The van der Waals surface area contributed by atoms with Crippen molar-refractivity contribution < 1.29 is 18.7 Å². The summed E-state index contributed by atoms with van der Waals surface area (Å²) >= 11 is 0. The van der Waals surface area contributed by atoms with Gasteiger partial charge in [-0.15, -0.1) is 0 Å². The van der Waals surface area contributed by atoms with E-state index in [1.54, 1.807) is 19.4 Å². The van der Waals surface area contributed by atoms with E-state index in [1.807, 2.05) is 30.3 Å². The Morgan fingerprint density at radius 3 is 2.54 bits per heavy atom. The van der Waals surface area contributed by atoms with Crippen LogP contribution in [0.2, 0.25) is 0 Å². The van der Waals surface area contributed by atoms with Crippen LogP contribution in [0.15, 0.2) is 47.1 Å². The first-order valence-electron chi connectivity index (χ1n) is 8.87. The lowest BCUT2D eigenvalue weighted by atomic mass is 10.1. The van der Waals surface area contributed by atoms with E-state index in [1.165, 1.54) is 0 Å². The molecule has 1 unspecified atom stereocenters. The maximum atomic E-state index is 12.2. The van der Waals surface area contributed by atoms with Crippen LogP contribution in [0, 0.1) is 5.92 Å². The van der Waals surface area contributed by atoms with E-state index in [2.05, 4.69) is 24.5 Å². The van der Waals surface area contributed by atoms with Crippen molar-refractivity contribution in [3.8, 4) is 5.75 Å². The van der Waals surface area contributed by atoms with Crippen molar-refractivity contribution in [1.82, 2.24) is 10.6 Å². The van der Waals surface area contributed by atoms with E-state index in [-0.39, 0.29) is 12.1 Å². The number of methoxy groups -OCH3 is 1. The fourth-order valence-electron chi connectivity index (χ4n) is 2.43. The fraction of sp³-hybridized carbons (Fsp3) is 0.450. The molecule has 0 fully saturated rings. The van der Waals surface area contributed by atoms with Crippen LogP contribution in [0.25, 0.3) is 0 Å². The van der Waals surface area contributed by atoms with Gasteiger partial charge in [-0.3, -0.25) is 0 Å². The Hall–Kier alpha value is -2.47. The molecule has 1 atom stereocenters. The van der Waals surface area contributed by atoms with E-state index >= 15 is 0 Å². The number of rotatable bonds is 10. The summed E-state index contributed by atoms with van der Waals surface area (Å²) in [6, 6.07) is 10.9. The second-order valence-corrected chi connectivity index (χ2v) is 6.50. The largest absolute Gasteiger partial charge is 0.497 e. The Morgan fingerprint density at radius 1 is 1.15 bits per heavy atom. The second-order valence-electron chi connectivity index (χ2n) is 6.50. The zero-order chi connectivity index (χ0) is 18.8. The highest BCUT2D eigenvalue weighted by molar-refractivity contribution is 5.74. The van der Waals surface area contributed by atoms with Crippen molar-refractivity contribution in [2.45, 2.75) is 26.3 Å². The number of hydrogen-bond acceptors (Lipinski definition) is 4. The van der Waals surface area contributed by atoms with Crippen LogP contribution in [0.3, 0.4) is 0 Å². The molecular weight excluding hydrogens is 332 g/mol. The molecule has 0 radical (unpaired) electrons. The molecule has 1 aromatic carbocycles. The highest BCUT2D eigenvalue weighted by Crippen LogP contribution is 2.14. The summed E-state index contributed by atoms with van der Waals surface area (Å²) in [5.41, 5.74) is 1.13. The molecule has 6 heteroatoms. The minimum atomic E-state index is -0.315. The number of amides is 2. The summed E-state index contributed by atoms with van der Waals surface area (Å²) in [6.45, 7) is 5.72. The van der Waals surface area contributed by atoms with E-state index < -0.39 is 0 Å². The smallest absolute Gasteiger partial charge is 0.315 e. The summed E-state index contributed by atoms with van der Waals surface area (Å²) in [5, 5.41) is 5.78. The van der Waals surface area contributed by atoms with Crippen molar-refractivity contribution in [3.63, 3.8) is 0 Å². The molecule has 26 heavy (non-hydrogen) atoms. The number of carbonyl (C=O) groups excluding carboxylic acids is 1. The molecule has 2 amide bonds. The minimum absolute atomic E-state index is 0.243. The van der Waals surface area contributed by atoms with Crippen LogP contribution in [0.5, 0.6) is 5.75 Å². The van der Waals surface area contributed by atoms with Gasteiger partial charge in [0.2, 0.25) is 0 Å². The van der Waals surface area contributed by atoms with Gasteiger partial charge < -0.3 is 24.5 Å². The molecule has 0 bridgehead atoms. The Morgan fingerprint density at radius 2 is 1.92 bits per heavy atom. The average Bonchev–Trinajstić information content (AvgIpc) is 3.16. The summed E-state index contributed by atoms with van der Waals surface area (Å²) < 4.78 is 16.2. The van der Waals surface area contributed by atoms with Crippen LogP contribution in [-0.2, 0) is 11.2 Å². The van der Waals surface area contributed by atoms with Crippen molar-refractivity contribution in [3.05, 3.63) is 54.0 Å². The monoisotopic (exact) mass is 360 g/mol. The lowest BCUT2D eigenvalue weighted by molar-refractivity contribution is 0.0868. The molecule has 2 aromatic rings. The number of urea groups is 1. The number of nitrogens with one attached hydrogen (secondary N) is 2. The lowest BCUT2D eigenvalue weighted by Crippen LogP contribution is -2.40. The zero-order valence-electron chi connectivity index (χ0n) is 15.7. The molecule has 2 rings (SSSR count). The van der Waals surface area contributed by atoms with Gasteiger partial charge in [0, 0.05) is 13.2 Å². The van der Waals surface area contributed by atoms with Crippen LogP contribution in [-0.4, -0.2) is 32.9 Å². The third kappa shape index (κ3) is 6.80. The second kappa shape index (κ2) is 10.5. The summed E-state index contributed by atoms with van der Waals surface area (Å²) in [4.78, 5) is 12.2. The van der Waals surface area contributed by atoms with Crippen LogP contribution < -0.4 is 15.4 Å². The highest BCUT2D eigenvalue weighted by atomic mass is 16.5. The number of ether oxygens (including phenoxy) is 2. The Bertz CT molecular complexity index is 638. The van der Waals surface area contributed by atoms with Crippen LogP contribution in [0.4, 0.5) is 4.79 Å². The predicted molar refractivity (Wildman–Crippen MR) is 100 cm³/mol. The molecule has 0 spiro atoms. The van der Waals surface area contributed by atoms with Crippen molar-refractivity contribution in [1.29, 1.82) is 0 Å². The Labute approximate surface area is 154 Å². The van der Waals surface area contributed by atoms with E-state index in [0.717, 1.165) is 17.7 Å². The topological polar surface area (TPSA) is 72.7 Å². The quantitative estimate of drug-likeness (QED) is 0.680. The standard InChI is InChI=1S/C20H28N2O4/c1-15(2)13-25-14-18(19-5-4-12-26-19)22-20(23)21-11-10-16-6-8-17(24-3)9-7-16/h4-9,12,15,18H,10-11,13-14H2,1-3H3,(H2,21,22,23). The molecule has 6 nitrogen and oxygen atoms in total.